The van der Waals surface area contributed by atoms with E-state index in [0.29, 0.717) is 16.5 Å². The molecule has 0 aliphatic heterocycles. The Morgan fingerprint density at radius 2 is 1.72 bits per heavy atom. The first-order valence-corrected chi connectivity index (χ1v) is 12.2. The van der Waals surface area contributed by atoms with E-state index in [1.54, 1.807) is 43.3 Å². The van der Waals surface area contributed by atoms with E-state index >= 15 is 0 Å². The summed E-state index contributed by atoms with van der Waals surface area (Å²) in [5.74, 6) is -0.570. The molecule has 0 saturated heterocycles. The number of likely N-dealkylation sites (N-methyl/N-ethyl adjacent to an activating group) is 1. The van der Waals surface area contributed by atoms with Crippen LogP contribution in [0.1, 0.15) is 25.3 Å². The van der Waals surface area contributed by atoms with Gasteiger partial charge in [-0.2, -0.15) is 0 Å². The van der Waals surface area contributed by atoms with E-state index < -0.39 is 16.1 Å². The first kappa shape index (κ1) is 26.1. The number of nitrogens with zero attached hydrogens (tertiary/aromatic N) is 2. The number of carbonyl (C=O) groups excluding carboxylic acids is 2. The molecule has 0 fully saturated rings. The van der Waals surface area contributed by atoms with Crippen molar-refractivity contribution in [1.29, 1.82) is 0 Å². The summed E-state index contributed by atoms with van der Waals surface area (Å²) < 4.78 is 26.5. The zero-order valence-electron chi connectivity index (χ0n) is 18.2. The number of rotatable bonds is 10. The number of halogens is 2. The fourth-order valence-corrected chi connectivity index (χ4v) is 4.67. The van der Waals surface area contributed by atoms with Crippen LogP contribution < -0.4 is 5.32 Å². The number of carbonyl (C=O) groups is 2. The average molecular weight is 500 g/mol. The molecule has 0 aromatic heterocycles. The Bertz CT molecular complexity index is 1050. The molecule has 0 radical (unpaired) electrons. The van der Waals surface area contributed by atoms with Gasteiger partial charge in [0.25, 0.3) is 0 Å². The van der Waals surface area contributed by atoms with E-state index in [4.69, 9.17) is 23.2 Å². The Balaban J connectivity index is 2.07. The molecular weight excluding hydrogens is 473 g/mol. The maximum absolute atomic E-state index is 13.0. The lowest BCUT2D eigenvalue weighted by molar-refractivity contribution is -0.140. The van der Waals surface area contributed by atoms with Gasteiger partial charge in [0.1, 0.15) is 6.04 Å². The van der Waals surface area contributed by atoms with Gasteiger partial charge in [0.2, 0.25) is 21.8 Å². The highest BCUT2D eigenvalue weighted by molar-refractivity contribution is 7.89. The van der Waals surface area contributed by atoms with Crippen LogP contribution >= 0.6 is 23.2 Å². The number of hydrogen-bond acceptors (Lipinski definition) is 4. The highest BCUT2D eigenvalue weighted by Gasteiger charge is 2.26. The SMILES string of the molecule is CNC(=O)[C@@H](C)N(Cc1ccc(Cl)c(Cl)c1)C(=O)CCCN(C)S(=O)(=O)c1ccccc1. The van der Waals surface area contributed by atoms with Crippen LogP contribution in [0.2, 0.25) is 10.0 Å². The van der Waals surface area contributed by atoms with E-state index in [1.165, 1.54) is 35.4 Å². The van der Waals surface area contributed by atoms with Gasteiger partial charge in [-0.1, -0.05) is 47.5 Å². The molecule has 7 nitrogen and oxygen atoms in total. The van der Waals surface area contributed by atoms with Crippen LogP contribution in [0.5, 0.6) is 0 Å². The first-order chi connectivity index (χ1) is 15.1. The minimum absolute atomic E-state index is 0.0807. The maximum atomic E-state index is 13.0. The summed E-state index contributed by atoms with van der Waals surface area (Å²) in [6, 6.07) is 12.4. The molecule has 0 unspecified atom stereocenters. The fraction of sp³-hybridized carbons (Fsp3) is 0.364. The molecule has 32 heavy (non-hydrogen) atoms. The van der Waals surface area contributed by atoms with E-state index in [1.807, 2.05) is 0 Å². The summed E-state index contributed by atoms with van der Waals surface area (Å²) in [7, 11) is -0.648. The Hall–Kier alpha value is -2.13. The second kappa shape index (κ2) is 11.7. The van der Waals surface area contributed by atoms with Crippen molar-refractivity contribution in [1.82, 2.24) is 14.5 Å². The first-order valence-electron chi connectivity index (χ1n) is 10.0. The number of hydrogen-bond donors (Lipinski definition) is 1. The largest absolute Gasteiger partial charge is 0.357 e. The molecule has 2 amide bonds. The highest BCUT2D eigenvalue weighted by atomic mass is 35.5. The third kappa shape index (κ3) is 6.68. The predicted octanol–water partition coefficient (Wildman–Crippen LogP) is 3.56. The molecule has 0 spiro atoms. The van der Waals surface area contributed by atoms with Gasteiger partial charge in [-0.15, -0.1) is 0 Å². The number of benzene rings is 2. The number of amides is 2. The lowest BCUT2D eigenvalue weighted by Crippen LogP contribution is -2.46. The Morgan fingerprint density at radius 1 is 1.06 bits per heavy atom. The molecule has 2 rings (SSSR count). The molecule has 0 saturated carbocycles. The van der Waals surface area contributed by atoms with Crippen LogP contribution in [0, 0.1) is 0 Å². The van der Waals surface area contributed by atoms with Crippen molar-refractivity contribution in [2.45, 2.75) is 37.2 Å². The van der Waals surface area contributed by atoms with Crippen LogP contribution in [0.3, 0.4) is 0 Å². The molecule has 0 aliphatic carbocycles. The lowest BCUT2D eigenvalue weighted by Gasteiger charge is -2.29. The van der Waals surface area contributed by atoms with Gasteiger partial charge >= 0.3 is 0 Å². The second-order valence-corrected chi connectivity index (χ2v) is 10.2. The van der Waals surface area contributed by atoms with E-state index in [0.717, 1.165) is 5.56 Å². The predicted molar refractivity (Wildman–Crippen MR) is 126 cm³/mol. The van der Waals surface area contributed by atoms with Gasteiger partial charge in [0.15, 0.2) is 0 Å². The second-order valence-electron chi connectivity index (χ2n) is 7.30. The summed E-state index contributed by atoms with van der Waals surface area (Å²) in [5.41, 5.74) is 0.729. The topological polar surface area (TPSA) is 86.8 Å². The molecule has 0 aliphatic rings. The van der Waals surface area contributed by atoms with Crippen LogP contribution in [-0.2, 0) is 26.2 Å². The maximum Gasteiger partial charge on any atom is 0.242 e. The summed E-state index contributed by atoms with van der Waals surface area (Å²) >= 11 is 12.0. The van der Waals surface area contributed by atoms with Crippen molar-refractivity contribution in [2.24, 2.45) is 0 Å². The highest BCUT2D eigenvalue weighted by Crippen LogP contribution is 2.24. The molecular formula is C22H27Cl2N3O4S. The summed E-state index contributed by atoms with van der Waals surface area (Å²) in [4.78, 5) is 26.8. The van der Waals surface area contributed by atoms with Gasteiger partial charge in [0, 0.05) is 33.6 Å². The van der Waals surface area contributed by atoms with Crippen molar-refractivity contribution >= 4 is 45.0 Å². The van der Waals surface area contributed by atoms with Crippen molar-refractivity contribution in [2.75, 3.05) is 20.6 Å². The van der Waals surface area contributed by atoms with E-state index in [2.05, 4.69) is 5.32 Å². The summed E-state index contributed by atoms with van der Waals surface area (Å²) in [6.07, 6.45) is 0.386. The smallest absolute Gasteiger partial charge is 0.242 e. The van der Waals surface area contributed by atoms with Gasteiger partial charge in [-0.3, -0.25) is 9.59 Å². The molecule has 0 bridgehead atoms. The molecule has 0 heterocycles. The van der Waals surface area contributed by atoms with Crippen LogP contribution in [0.15, 0.2) is 53.4 Å². The molecule has 174 valence electrons. The van der Waals surface area contributed by atoms with E-state index in [-0.39, 0.29) is 36.2 Å². The van der Waals surface area contributed by atoms with Gasteiger partial charge < -0.3 is 10.2 Å². The molecule has 2 aromatic rings. The quantitative estimate of drug-likeness (QED) is 0.541. The third-order valence-electron chi connectivity index (χ3n) is 5.07. The van der Waals surface area contributed by atoms with Crippen molar-refractivity contribution in [3.63, 3.8) is 0 Å². The normalized spacial score (nSPS) is 12.4. The average Bonchev–Trinajstić information content (AvgIpc) is 2.79. The molecule has 2 aromatic carbocycles. The van der Waals surface area contributed by atoms with Crippen LogP contribution in [-0.4, -0.2) is 56.1 Å². The standard InChI is InChI=1S/C22H27Cl2N3O4S/c1-16(22(29)25-2)27(15-17-11-12-19(23)20(24)14-17)21(28)10-7-13-26(3)32(30,31)18-8-5-4-6-9-18/h4-6,8-9,11-12,14,16H,7,10,13,15H2,1-3H3,(H,25,29)/t16-/m1/s1. The summed E-state index contributed by atoms with van der Waals surface area (Å²) in [5, 5.41) is 3.31. The van der Waals surface area contributed by atoms with E-state index in [9.17, 15) is 18.0 Å². The van der Waals surface area contributed by atoms with Gasteiger partial charge in [-0.05, 0) is 43.2 Å². The monoisotopic (exact) mass is 499 g/mol. The van der Waals surface area contributed by atoms with Crippen LogP contribution in [0.25, 0.3) is 0 Å². The fourth-order valence-electron chi connectivity index (χ4n) is 3.12. The minimum atomic E-state index is -3.63. The molecule has 10 heteroatoms. The lowest BCUT2D eigenvalue weighted by atomic mass is 10.1. The Kier molecular flexibility index (Phi) is 9.51. The number of sulfonamides is 1. The number of nitrogens with one attached hydrogen (secondary N) is 1. The Labute approximate surface area is 199 Å². The van der Waals surface area contributed by atoms with Gasteiger partial charge in [-0.25, -0.2) is 12.7 Å². The summed E-state index contributed by atoms with van der Waals surface area (Å²) in [6.45, 7) is 1.97. The van der Waals surface area contributed by atoms with Crippen molar-refractivity contribution in [3.8, 4) is 0 Å². The van der Waals surface area contributed by atoms with Gasteiger partial charge in [0.05, 0.1) is 14.9 Å². The Morgan fingerprint density at radius 3 is 2.31 bits per heavy atom. The molecule has 1 atom stereocenters. The van der Waals surface area contributed by atoms with Crippen LogP contribution in [0.4, 0.5) is 0 Å². The zero-order chi connectivity index (χ0) is 23.9. The third-order valence-corrected chi connectivity index (χ3v) is 7.68. The molecule has 1 N–H and O–H groups in total. The van der Waals surface area contributed by atoms with Crippen molar-refractivity contribution in [3.05, 3.63) is 64.1 Å². The van der Waals surface area contributed by atoms with Crippen molar-refractivity contribution < 1.29 is 18.0 Å². The minimum Gasteiger partial charge on any atom is -0.357 e. The zero-order valence-corrected chi connectivity index (χ0v) is 20.5.